The molecule has 162 valence electrons. The Morgan fingerprint density at radius 1 is 1.03 bits per heavy atom. The normalized spacial score (nSPS) is 16.2. The van der Waals surface area contributed by atoms with Crippen LogP contribution in [0, 0.1) is 17.0 Å². The highest BCUT2D eigenvalue weighted by atomic mass is 19.3. The number of aryl methyl sites for hydroxylation is 1. The Hall–Kier alpha value is -3.97. The van der Waals surface area contributed by atoms with Crippen LogP contribution in [0.4, 0.5) is 23.2 Å². The fourth-order valence-electron chi connectivity index (χ4n) is 2.92. The number of rotatable bonds is 4. The summed E-state index contributed by atoms with van der Waals surface area (Å²) in [6.45, 7) is 1.46. The molecule has 0 bridgehead atoms. The Bertz CT molecular complexity index is 1260. The monoisotopic (exact) mass is 441 g/mol. The molecule has 0 unspecified atom stereocenters. The van der Waals surface area contributed by atoms with Gasteiger partial charge in [-0.3, -0.25) is 10.1 Å². The number of nitro benzene ring substituents is 1. The first kappa shape index (κ1) is 20.3. The van der Waals surface area contributed by atoms with Gasteiger partial charge in [0, 0.05) is 17.7 Å². The maximum Gasteiger partial charge on any atom is 0.507 e. The fourth-order valence-corrected chi connectivity index (χ4v) is 2.92. The largest absolute Gasteiger partial charge is 0.507 e. The summed E-state index contributed by atoms with van der Waals surface area (Å²) in [7, 11) is 0. The predicted octanol–water partition coefficient (Wildman–Crippen LogP) is 2.65. The van der Waals surface area contributed by atoms with Crippen LogP contribution in [0.1, 0.15) is 11.1 Å². The molecule has 0 atom stereocenters. The summed E-state index contributed by atoms with van der Waals surface area (Å²) in [6.07, 6.45) is -9.76. The molecule has 4 rings (SSSR count). The van der Waals surface area contributed by atoms with Crippen LogP contribution in [0.3, 0.4) is 0 Å². The van der Waals surface area contributed by atoms with Gasteiger partial charge in [0.1, 0.15) is 0 Å². The van der Waals surface area contributed by atoms with Crippen LogP contribution in [-0.2, 0) is 6.54 Å². The first-order valence-electron chi connectivity index (χ1n) is 8.53. The van der Waals surface area contributed by atoms with E-state index in [4.69, 9.17) is 0 Å². The summed E-state index contributed by atoms with van der Waals surface area (Å²) in [4.78, 5) is 22.9. The zero-order valence-corrected chi connectivity index (χ0v) is 15.5. The maximum atomic E-state index is 13.4. The van der Waals surface area contributed by atoms with Crippen molar-refractivity contribution in [2.75, 3.05) is 0 Å². The highest BCUT2D eigenvalue weighted by Crippen LogP contribution is 2.47. The highest BCUT2D eigenvalue weighted by Gasteiger charge is 2.65. The molecular formula is C17H11F4N5O5. The third-order valence-electron chi connectivity index (χ3n) is 4.42. The van der Waals surface area contributed by atoms with E-state index in [-0.39, 0.29) is 17.9 Å². The zero-order valence-electron chi connectivity index (χ0n) is 15.5. The molecule has 0 amide bonds. The van der Waals surface area contributed by atoms with Crippen molar-refractivity contribution in [2.24, 2.45) is 0 Å². The second kappa shape index (κ2) is 6.78. The van der Waals surface area contributed by atoms with E-state index < -0.39 is 34.3 Å². The van der Waals surface area contributed by atoms with Crippen molar-refractivity contribution in [1.29, 1.82) is 0 Å². The van der Waals surface area contributed by atoms with Gasteiger partial charge in [-0.15, -0.1) is 0 Å². The summed E-state index contributed by atoms with van der Waals surface area (Å²) in [5.74, 6) is -1.35. The second-order valence-electron chi connectivity index (χ2n) is 6.58. The molecule has 0 saturated carbocycles. The average molecular weight is 441 g/mol. The summed E-state index contributed by atoms with van der Waals surface area (Å²) >= 11 is 0. The number of tetrazole rings is 1. The van der Waals surface area contributed by atoms with Crippen molar-refractivity contribution >= 4 is 5.69 Å². The van der Waals surface area contributed by atoms with E-state index >= 15 is 0 Å². The van der Waals surface area contributed by atoms with Crippen molar-refractivity contribution in [3.8, 4) is 17.2 Å². The van der Waals surface area contributed by atoms with Crippen molar-refractivity contribution < 1.29 is 32.0 Å². The quantitative estimate of drug-likeness (QED) is 0.347. The Balaban J connectivity index is 1.63. The summed E-state index contributed by atoms with van der Waals surface area (Å²) in [5.41, 5.74) is -0.0310. The Morgan fingerprint density at radius 3 is 2.35 bits per heavy atom. The van der Waals surface area contributed by atoms with E-state index in [2.05, 4.69) is 19.9 Å². The lowest BCUT2D eigenvalue weighted by Crippen LogP contribution is -2.52. The lowest BCUT2D eigenvalue weighted by Gasteiger charge is -2.31. The van der Waals surface area contributed by atoms with E-state index in [9.17, 15) is 32.5 Å². The van der Waals surface area contributed by atoms with Crippen molar-refractivity contribution in [3.05, 3.63) is 68.1 Å². The van der Waals surface area contributed by atoms with Crippen LogP contribution in [0.5, 0.6) is 11.5 Å². The highest BCUT2D eigenvalue weighted by molar-refractivity contribution is 5.49. The minimum absolute atomic E-state index is 0.0769. The molecule has 10 nitrogen and oxygen atoms in total. The lowest BCUT2D eigenvalue weighted by molar-refractivity contribution is -0.391. The minimum atomic E-state index is -4.91. The molecule has 1 aromatic heterocycles. The smallest absolute Gasteiger partial charge is 0.421 e. The number of aromatic nitrogens is 4. The van der Waals surface area contributed by atoms with E-state index in [0.717, 1.165) is 27.6 Å². The molecule has 3 aromatic rings. The molecular weight excluding hydrogens is 430 g/mol. The van der Waals surface area contributed by atoms with Crippen LogP contribution in [-0.4, -0.2) is 36.9 Å². The van der Waals surface area contributed by atoms with Gasteiger partial charge < -0.3 is 9.47 Å². The topological polar surface area (TPSA) is 114 Å². The van der Waals surface area contributed by atoms with Crippen LogP contribution in [0.15, 0.2) is 41.2 Å². The second-order valence-corrected chi connectivity index (χ2v) is 6.58. The van der Waals surface area contributed by atoms with Gasteiger partial charge in [0.15, 0.2) is 11.5 Å². The van der Waals surface area contributed by atoms with E-state index in [0.29, 0.717) is 11.1 Å². The molecule has 0 aliphatic carbocycles. The van der Waals surface area contributed by atoms with Gasteiger partial charge in [-0.25, -0.2) is 4.79 Å². The molecule has 1 aliphatic heterocycles. The van der Waals surface area contributed by atoms with E-state index in [1.807, 2.05) is 0 Å². The van der Waals surface area contributed by atoms with Crippen LogP contribution >= 0.6 is 0 Å². The van der Waals surface area contributed by atoms with Gasteiger partial charge in [-0.05, 0) is 41.1 Å². The molecule has 2 aromatic carbocycles. The standard InChI is InChI=1S/C17H11F4N5O5/c1-9-6-10(2-4-12(9)26(28)29)8-24-15(27)25(23-22-24)11-3-5-13-14(7-11)31-17(20,21)16(18,19)30-13/h2-7H,8H2,1H3. The number of hydrogen-bond acceptors (Lipinski definition) is 7. The molecule has 31 heavy (non-hydrogen) atoms. The summed E-state index contributed by atoms with van der Waals surface area (Å²) in [5, 5.41) is 18.2. The van der Waals surface area contributed by atoms with E-state index in [1.54, 1.807) is 0 Å². The zero-order chi connectivity index (χ0) is 22.6. The molecule has 14 heteroatoms. The predicted molar refractivity (Wildman–Crippen MR) is 93.7 cm³/mol. The van der Waals surface area contributed by atoms with Gasteiger partial charge in [0.25, 0.3) is 5.69 Å². The number of benzene rings is 2. The number of fused-ring (bicyclic) bond motifs is 1. The van der Waals surface area contributed by atoms with Gasteiger partial charge >= 0.3 is 17.9 Å². The van der Waals surface area contributed by atoms with Gasteiger partial charge in [0.2, 0.25) is 0 Å². The van der Waals surface area contributed by atoms with Crippen LogP contribution in [0.2, 0.25) is 0 Å². The molecule has 0 radical (unpaired) electrons. The van der Waals surface area contributed by atoms with Crippen LogP contribution < -0.4 is 15.2 Å². The van der Waals surface area contributed by atoms with E-state index in [1.165, 1.54) is 25.1 Å². The van der Waals surface area contributed by atoms with Crippen molar-refractivity contribution in [3.63, 3.8) is 0 Å². The summed E-state index contributed by atoms with van der Waals surface area (Å²) < 4.78 is 63.0. The molecule has 1 aliphatic rings. The fraction of sp³-hybridized carbons (Fsp3) is 0.235. The first-order chi connectivity index (χ1) is 14.5. The number of nitrogens with zero attached hydrogens (tertiary/aromatic N) is 5. The van der Waals surface area contributed by atoms with Gasteiger partial charge in [-0.1, -0.05) is 6.07 Å². The molecule has 0 fully saturated rings. The SMILES string of the molecule is Cc1cc(Cn2nnn(-c3ccc4c(c3)OC(F)(F)C(F)(F)O4)c2=O)ccc1[N+](=O)[O-]. The summed E-state index contributed by atoms with van der Waals surface area (Å²) in [6, 6.07) is 7.20. The number of alkyl halides is 4. The third kappa shape index (κ3) is 3.45. The number of nitro groups is 1. The van der Waals surface area contributed by atoms with Crippen molar-refractivity contribution in [1.82, 2.24) is 19.8 Å². The maximum absolute atomic E-state index is 13.4. The number of ether oxygens (including phenoxy) is 2. The molecule has 0 N–H and O–H groups in total. The van der Waals surface area contributed by atoms with Crippen LogP contribution in [0.25, 0.3) is 5.69 Å². The Labute approximate surface area is 169 Å². The Kier molecular flexibility index (Phi) is 4.44. The minimum Gasteiger partial charge on any atom is -0.421 e. The first-order valence-corrected chi connectivity index (χ1v) is 8.53. The molecule has 0 spiro atoms. The average Bonchev–Trinajstić information content (AvgIpc) is 3.02. The number of halogens is 4. The van der Waals surface area contributed by atoms with Crippen molar-refractivity contribution in [2.45, 2.75) is 25.7 Å². The molecule has 0 saturated heterocycles. The molecule has 2 heterocycles. The Morgan fingerprint density at radius 2 is 1.71 bits per heavy atom. The number of hydrogen-bond donors (Lipinski definition) is 0. The lowest BCUT2D eigenvalue weighted by atomic mass is 10.1. The van der Waals surface area contributed by atoms with Gasteiger partial charge in [0.05, 0.1) is 17.2 Å². The van der Waals surface area contributed by atoms with Gasteiger partial charge in [-0.2, -0.15) is 26.9 Å². The third-order valence-corrected chi connectivity index (χ3v) is 4.42.